The van der Waals surface area contributed by atoms with Crippen molar-refractivity contribution >= 4 is 5.91 Å². The van der Waals surface area contributed by atoms with Crippen molar-refractivity contribution in [2.75, 3.05) is 0 Å². The predicted octanol–water partition coefficient (Wildman–Crippen LogP) is 5.44. The third-order valence-corrected chi connectivity index (χ3v) is 5.90. The summed E-state index contributed by atoms with van der Waals surface area (Å²) < 4.78 is 6.11. The van der Waals surface area contributed by atoms with E-state index in [2.05, 4.69) is 13.8 Å². The highest BCUT2D eigenvalue weighted by atomic mass is 16.4. The first-order chi connectivity index (χ1) is 14.3. The molecule has 1 aromatic heterocycles. The van der Waals surface area contributed by atoms with Gasteiger partial charge in [0.25, 0.3) is 5.91 Å². The largest absolute Gasteiger partial charge is 0.455 e. The number of aliphatic hydroxyl groups is 1. The van der Waals surface area contributed by atoms with Gasteiger partial charge in [-0.2, -0.15) is 0 Å². The van der Waals surface area contributed by atoms with Gasteiger partial charge in [-0.25, -0.2) is 0 Å². The summed E-state index contributed by atoms with van der Waals surface area (Å²) in [7, 11) is 0. The van der Waals surface area contributed by atoms with Gasteiger partial charge in [-0.05, 0) is 29.9 Å². The van der Waals surface area contributed by atoms with Crippen molar-refractivity contribution in [3.8, 4) is 0 Å². The van der Waals surface area contributed by atoms with Gasteiger partial charge in [0.1, 0.15) is 5.76 Å². The van der Waals surface area contributed by atoms with Crippen LogP contribution in [0.15, 0.2) is 65.1 Å². The Bertz CT molecular complexity index is 980. The third-order valence-electron chi connectivity index (χ3n) is 5.90. The van der Waals surface area contributed by atoms with E-state index < -0.39 is 6.10 Å². The van der Waals surface area contributed by atoms with Crippen LogP contribution < -0.4 is 0 Å². The van der Waals surface area contributed by atoms with Crippen molar-refractivity contribution in [2.24, 2.45) is 5.41 Å². The summed E-state index contributed by atoms with van der Waals surface area (Å²) in [5.41, 5.74) is 3.65. The lowest BCUT2D eigenvalue weighted by atomic mass is 9.75. The number of hydrogen-bond acceptors (Lipinski definition) is 3. The number of benzene rings is 2. The van der Waals surface area contributed by atoms with Crippen molar-refractivity contribution in [3.63, 3.8) is 0 Å². The van der Waals surface area contributed by atoms with Crippen LogP contribution >= 0.6 is 0 Å². The first kappa shape index (κ1) is 20.4. The van der Waals surface area contributed by atoms with E-state index >= 15 is 0 Å². The second-order valence-corrected chi connectivity index (χ2v) is 9.09. The molecule has 0 radical (unpaired) electrons. The maximum absolute atomic E-state index is 13.6. The fourth-order valence-electron chi connectivity index (χ4n) is 4.44. The normalized spacial score (nSPS) is 17.4. The maximum Gasteiger partial charge on any atom is 0.290 e. The molecule has 30 heavy (non-hydrogen) atoms. The minimum absolute atomic E-state index is 0.0508. The summed E-state index contributed by atoms with van der Waals surface area (Å²) in [6.45, 7) is 7.12. The van der Waals surface area contributed by atoms with Crippen molar-refractivity contribution < 1.29 is 14.3 Å². The zero-order valence-corrected chi connectivity index (χ0v) is 17.9. The number of furan rings is 1. The van der Waals surface area contributed by atoms with Crippen molar-refractivity contribution in [3.05, 3.63) is 94.4 Å². The number of nitrogens with zero attached hydrogens (tertiary/aromatic N) is 1. The summed E-state index contributed by atoms with van der Waals surface area (Å²) in [6.07, 6.45) is 0.808. The number of hydrogen-bond donors (Lipinski definition) is 1. The van der Waals surface area contributed by atoms with Gasteiger partial charge in [0.2, 0.25) is 0 Å². The van der Waals surface area contributed by atoms with Gasteiger partial charge in [-0.3, -0.25) is 4.79 Å². The first-order valence-corrected chi connectivity index (χ1v) is 10.5. The van der Waals surface area contributed by atoms with E-state index in [1.54, 1.807) is 0 Å². The Morgan fingerprint density at radius 2 is 1.57 bits per heavy atom. The summed E-state index contributed by atoms with van der Waals surface area (Å²) in [5.74, 6) is 0.960. The van der Waals surface area contributed by atoms with E-state index in [0.717, 1.165) is 34.4 Å². The van der Waals surface area contributed by atoms with E-state index in [0.29, 0.717) is 25.3 Å². The molecular weight excluding hydrogens is 374 g/mol. The molecule has 0 bridgehead atoms. The highest BCUT2D eigenvalue weighted by Gasteiger charge is 2.37. The van der Waals surface area contributed by atoms with Gasteiger partial charge in [-0.1, -0.05) is 74.5 Å². The van der Waals surface area contributed by atoms with E-state index in [-0.39, 0.29) is 11.3 Å². The average Bonchev–Trinajstić information content (AvgIpc) is 3.03. The van der Waals surface area contributed by atoms with Crippen LogP contribution in [0.25, 0.3) is 0 Å². The Morgan fingerprint density at radius 3 is 2.10 bits per heavy atom. The molecule has 1 heterocycles. The summed E-state index contributed by atoms with van der Waals surface area (Å²) in [6, 6.07) is 20.0. The molecule has 1 aliphatic carbocycles. The van der Waals surface area contributed by atoms with Crippen molar-refractivity contribution in [1.82, 2.24) is 4.90 Å². The van der Waals surface area contributed by atoms with E-state index in [9.17, 15) is 9.90 Å². The number of aliphatic hydroxyl groups excluding tert-OH is 1. The molecule has 0 spiro atoms. The molecule has 0 unspecified atom stereocenters. The van der Waals surface area contributed by atoms with Crippen LogP contribution in [0.1, 0.15) is 64.9 Å². The molecule has 3 aromatic rings. The second kappa shape index (κ2) is 8.11. The highest BCUT2D eigenvalue weighted by molar-refractivity contribution is 5.93. The highest BCUT2D eigenvalue weighted by Crippen LogP contribution is 2.44. The van der Waals surface area contributed by atoms with E-state index in [4.69, 9.17) is 4.42 Å². The van der Waals surface area contributed by atoms with Gasteiger partial charge in [0.15, 0.2) is 5.76 Å². The van der Waals surface area contributed by atoms with E-state index in [1.165, 1.54) is 0 Å². The lowest BCUT2D eigenvalue weighted by Gasteiger charge is -2.31. The van der Waals surface area contributed by atoms with Crippen LogP contribution in [0.4, 0.5) is 0 Å². The van der Waals surface area contributed by atoms with Gasteiger partial charge in [0.05, 0.1) is 6.10 Å². The monoisotopic (exact) mass is 403 g/mol. The second-order valence-electron chi connectivity index (χ2n) is 9.09. The van der Waals surface area contributed by atoms with Gasteiger partial charge in [-0.15, -0.1) is 0 Å². The van der Waals surface area contributed by atoms with Crippen molar-refractivity contribution in [1.29, 1.82) is 0 Å². The fourth-order valence-corrected chi connectivity index (χ4v) is 4.44. The summed E-state index contributed by atoms with van der Waals surface area (Å²) >= 11 is 0. The van der Waals surface area contributed by atoms with Crippen LogP contribution in [0.3, 0.4) is 0 Å². The molecule has 2 aromatic carbocycles. The number of amides is 1. The zero-order valence-electron chi connectivity index (χ0n) is 17.9. The summed E-state index contributed by atoms with van der Waals surface area (Å²) in [5, 5.41) is 10.7. The average molecular weight is 404 g/mol. The van der Waals surface area contributed by atoms with Crippen LogP contribution in [0.2, 0.25) is 0 Å². The topological polar surface area (TPSA) is 53.7 Å². The molecule has 1 atom stereocenters. The standard InChI is InChI=1S/C26H29NO3/c1-18-23-21(28)14-26(2,3)15-22(23)30-24(18)25(29)27(16-19-10-6-4-7-11-19)17-20-12-8-5-9-13-20/h4-13,21,28H,14-17H2,1-3H3/t21-/m0/s1. The van der Waals surface area contributed by atoms with E-state index in [1.807, 2.05) is 72.5 Å². The zero-order chi connectivity index (χ0) is 21.3. The smallest absolute Gasteiger partial charge is 0.290 e. The number of carbonyl (C=O) groups is 1. The minimum atomic E-state index is -0.592. The van der Waals surface area contributed by atoms with Crippen molar-refractivity contribution in [2.45, 2.75) is 52.8 Å². The van der Waals surface area contributed by atoms with Gasteiger partial charge < -0.3 is 14.4 Å². The molecule has 4 nitrogen and oxygen atoms in total. The first-order valence-electron chi connectivity index (χ1n) is 10.5. The number of carbonyl (C=O) groups excluding carboxylic acids is 1. The minimum Gasteiger partial charge on any atom is -0.455 e. The molecular formula is C26H29NO3. The number of rotatable bonds is 5. The summed E-state index contributed by atoms with van der Waals surface area (Å²) in [4.78, 5) is 15.4. The quantitative estimate of drug-likeness (QED) is 0.617. The third kappa shape index (κ3) is 4.19. The molecule has 0 fully saturated rings. The molecule has 1 N–H and O–H groups in total. The van der Waals surface area contributed by atoms with Crippen LogP contribution in [0.5, 0.6) is 0 Å². The van der Waals surface area contributed by atoms with Crippen LogP contribution in [-0.4, -0.2) is 15.9 Å². The molecule has 1 aliphatic rings. The Kier molecular flexibility index (Phi) is 5.52. The Labute approximate surface area is 178 Å². The predicted molar refractivity (Wildman–Crippen MR) is 117 cm³/mol. The Balaban J connectivity index is 1.68. The lowest BCUT2D eigenvalue weighted by molar-refractivity contribution is 0.0687. The number of fused-ring (bicyclic) bond motifs is 1. The molecule has 156 valence electrons. The molecule has 0 saturated heterocycles. The Hall–Kier alpha value is -2.85. The van der Waals surface area contributed by atoms with Gasteiger partial charge >= 0.3 is 0 Å². The van der Waals surface area contributed by atoms with Gasteiger partial charge in [0, 0.05) is 30.6 Å². The molecule has 0 aliphatic heterocycles. The Morgan fingerprint density at radius 1 is 1.03 bits per heavy atom. The maximum atomic E-state index is 13.6. The molecule has 0 saturated carbocycles. The van der Waals surface area contributed by atoms with Crippen LogP contribution in [0, 0.1) is 12.3 Å². The molecule has 1 amide bonds. The molecule has 4 rings (SSSR count). The lowest BCUT2D eigenvalue weighted by Crippen LogP contribution is -2.30. The van der Waals surface area contributed by atoms with Crippen LogP contribution in [-0.2, 0) is 19.5 Å². The fraction of sp³-hybridized carbons (Fsp3) is 0.346. The SMILES string of the molecule is Cc1c(C(=O)N(Cc2ccccc2)Cc2ccccc2)oc2c1[C@@H](O)CC(C)(C)C2. The molecule has 4 heteroatoms.